The molecule has 0 saturated carbocycles. The van der Waals surface area contributed by atoms with E-state index in [1.54, 1.807) is 0 Å². The fourth-order valence-corrected chi connectivity index (χ4v) is 2.02. The SMILES string of the molecule is CC1=CC[C@](C)(C(=O)O)CC1/C=C/C(C)C. The van der Waals surface area contributed by atoms with Gasteiger partial charge in [-0.2, -0.15) is 0 Å². The lowest BCUT2D eigenvalue weighted by molar-refractivity contribution is -0.148. The van der Waals surface area contributed by atoms with Crippen molar-refractivity contribution in [2.24, 2.45) is 17.3 Å². The van der Waals surface area contributed by atoms with Gasteiger partial charge in [0.2, 0.25) is 0 Å². The lowest BCUT2D eigenvalue weighted by Gasteiger charge is -2.32. The molecule has 0 aliphatic heterocycles. The number of carbonyl (C=O) groups is 1. The summed E-state index contributed by atoms with van der Waals surface area (Å²) in [6.07, 6.45) is 7.77. The van der Waals surface area contributed by atoms with E-state index in [-0.39, 0.29) is 5.92 Å². The van der Waals surface area contributed by atoms with E-state index in [1.807, 2.05) is 6.92 Å². The topological polar surface area (TPSA) is 37.3 Å². The molecule has 0 heterocycles. The van der Waals surface area contributed by atoms with Crippen molar-refractivity contribution < 1.29 is 9.90 Å². The molecule has 0 bridgehead atoms. The number of carboxylic acid groups (broad SMARTS) is 1. The van der Waals surface area contributed by atoms with E-state index in [4.69, 9.17) is 0 Å². The molecule has 1 aliphatic carbocycles. The Hall–Kier alpha value is -1.05. The first-order chi connectivity index (χ1) is 7.35. The van der Waals surface area contributed by atoms with Gasteiger partial charge in [0.15, 0.2) is 0 Å². The normalized spacial score (nSPS) is 30.8. The second kappa shape index (κ2) is 4.86. The van der Waals surface area contributed by atoms with Crippen LogP contribution in [0.1, 0.15) is 40.5 Å². The molecule has 90 valence electrons. The summed E-state index contributed by atoms with van der Waals surface area (Å²) in [5.74, 6) is 0.127. The molecule has 1 rings (SSSR count). The Morgan fingerprint density at radius 2 is 2.25 bits per heavy atom. The Bertz CT molecular complexity index is 326. The zero-order valence-electron chi connectivity index (χ0n) is 10.7. The fourth-order valence-electron chi connectivity index (χ4n) is 2.02. The number of hydrogen-bond acceptors (Lipinski definition) is 1. The first-order valence-electron chi connectivity index (χ1n) is 5.93. The van der Waals surface area contributed by atoms with Gasteiger partial charge in [-0.15, -0.1) is 0 Å². The van der Waals surface area contributed by atoms with Crippen LogP contribution in [-0.2, 0) is 4.79 Å². The molecule has 2 atom stereocenters. The van der Waals surface area contributed by atoms with Gasteiger partial charge in [0, 0.05) is 0 Å². The highest BCUT2D eigenvalue weighted by Crippen LogP contribution is 2.39. The number of rotatable bonds is 3. The van der Waals surface area contributed by atoms with Crippen LogP contribution < -0.4 is 0 Å². The Balaban J connectivity index is 2.83. The van der Waals surface area contributed by atoms with E-state index in [0.29, 0.717) is 18.8 Å². The minimum absolute atomic E-state index is 0.289. The second-order valence-corrected chi connectivity index (χ2v) is 5.46. The van der Waals surface area contributed by atoms with Gasteiger partial charge in [0.1, 0.15) is 0 Å². The zero-order chi connectivity index (χ0) is 12.3. The van der Waals surface area contributed by atoms with Gasteiger partial charge in [-0.1, -0.05) is 37.6 Å². The van der Waals surface area contributed by atoms with Crippen molar-refractivity contribution in [2.45, 2.75) is 40.5 Å². The Kier molecular flexibility index (Phi) is 3.95. The molecular weight excluding hydrogens is 200 g/mol. The van der Waals surface area contributed by atoms with Crippen LogP contribution in [0, 0.1) is 17.3 Å². The third kappa shape index (κ3) is 2.97. The van der Waals surface area contributed by atoms with Crippen molar-refractivity contribution in [1.29, 1.82) is 0 Å². The standard InChI is InChI=1S/C14H22O2/c1-10(2)5-6-12-9-14(4,13(15)16)8-7-11(12)3/h5-7,10,12H,8-9H2,1-4H3,(H,15,16)/b6-5+/t12?,14-/m0/s1. The maximum atomic E-state index is 11.2. The molecule has 0 saturated heterocycles. The zero-order valence-corrected chi connectivity index (χ0v) is 10.7. The largest absolute Gasteiger partial charge is 0.481 e. The van der Waals surface area contributed by atoms with Crippen LogP contribution in [0.4, 0.5) is 0 Å². The third-order valence-electron chi connectivity index (χ3n) is 3.37. The van der Waals surface area contributed by atoms with Crippen LogP contribution in [0.3, 0.4) is 0 Å². The molecule has 0 amide bonds. The highest BCUT2D eigenvalue weighted by molar-refractivity contribution is 5.74. The van der Waals surface area contributed by atoms with Gasteiger partial charge < -0.3 is 5.11 Å². The molecule has 1 N–H and O–H groups in total. The summed E-state index contributed by atoms with van der Waals surface area (Å²) in [6, 6.07) is 0. The monoisotopic (exact) mass is 222 g/mol. The predicted octanol–water partition coefficient (Wildman–Crippen LogP) is 3.65. The molecule has 1 aliphatic rings. The summed E-state index contributed by atoms with van der Waals surface area (Å²) in [5, 5.41) is 9.23. The van der Waals surface area contributed by atoms with Crippen LogP contribution in [-0.4, -0.2) is 11.1 Å². The van der Waals surface area contributed by atoms with Crippen molar-refractivity contribution in [3.05, 3.63) is 23.8 Å². The average Bonchev–Trinajstić information content (AvgIpc) is 2.19. The van der Waals surface area contributed by atoms with E-state index in [1.165, 1.54) is 5.57 Å². The van der Waals surface area contributed by atoms with Crippen LogP contribution in [0.25, 0.3) is 0 Å². The van der Waals surface area contributed by atoms with Crippen molar-refractivity contribution in [3.8, 4) is 0 Å². The second-order valence-electron chi connectivity index (χ2n) is 5.46. The summed E-state index contributed by atoms with van der Waals surface area (Å²) < 4.78 is 0. The Labute approximate surface area is 98.1 Å². The van der Waals surface area contributed by atoms with E-state index < -0.39 is 11.4 Å². The Morgan fingerprint density at radius 1 is 1.62 bits per heavy atom. The van der Waals surface area contributed by atoms with Gasteiger partial charge in [-0.25, -0.2) is 0 Å². The van der Waals surface area contributed by atoms with Gasteiger partial charge in [0.25, 0.3) is 0 Å². The van der Waals surface area contributed by atoms with E-state index >= 15 is 0 Å². The molecule has 0 radical (unpaired) electrons. The quantitative estimate of drug-likeness (QED) is 0.740. The van der Waals surface area contributed by atoms with Crippen LogP contribution in [0.5, 0.6) is 0 Å². The van der Waals surface area contributed by atoms with E-state index in [0.717, 1.165) is 0 Å². The number of aliphatic carboxylic acids is 1. The Morgan fingerprint density at radius 3 is 2.75 bits per heavy atom. The number of allylic oxidation sites excluding steroid dienone is 4. The summed E-state index contributed by atoms with van der Waals surface area (Å²) in [5.41, 5.74) is 0.710. The van der Waals surface area contributed by atoms with Gasteiger partial charge in [-0.05, 0) is 38.5 Å². The number of carboxylic acids is 1. The fraction of sp³-hybridized carbons (Fsp3) is 0.643. The molecule has 0 aromatic rings. The third-order valence-corrected chi connectivity index (χ3v) is 3.37. The maximum Gasteiger partial charge on any atom is 0.309 e. The van der Waals surface area contributed by atoms with Crippen LogP contribution in [0.2, 0.25) is 0 Å². The molecular formula is C14H22O2. The molecule has 2 nitrogen and oxygen atoms in total. The lowest BCUT2D eigenvalue weighted by atomic mass is 9.71. The van der Waals surface area contributed by atoms with Gasteiger partial charge in [0.05, 0.1) is 5.41 Å². The molecule has 0 aromatic carbocycles. The van der Waals surface area contributed by atoms with Crippen LogP contribution in [0.15, 0.2) is 23.8 Å². The number of hydrogen-bond donors (Lipinski definition) is 1. The van der Waals surface area contributed by atoms with Crippen LogP contribution >= 0.6 is 0 Å². The maximum absolute atomic E-state index is 11.2. The van der Waals surface area contributed by atoms with Crippen molar-refractivity contribution in [1.82, 2.24) is 0 Å². The van der Waals surface area contributed by atoms with Crippen molar-refractivity contribution in [2.75, 3.05) is 0 Å². The molecule has 1 unspecified atom stereocenters. The lowest BCUT2D eigenvalue weighted by Crippen LogP contribution is -2.32. The summed E-state index contributed by atoms with van der Waals surface area (Å²) >= 11 is 0. The average molecular weight is 222 g/mol. The molecule has 16 heavy (non-hydrogen) atoms. The summed E-state index contributed by atoms with van der Waals surface area (Å²) in [4.78, 5) is 11.2. The predicted molar refractivity (Wildman–Crippen MR) is 66.2 cm³/mol. The molecule has 2 heteroatoms. The molecule has 0 aromatic heterocycles. The summed E-state index contributed by atoms with van der Waals surface area (Å²) in [7, 11) is 0. The minimum Gasteiger partial charge on any atom is -0.481 e. The first-order valence-corrected chi connectivity index (χ1v) is 5.93. The highest BCUT2D eigenvalue weighted by Gasteiger charge is 2.37. The highest BCUT2D eigenvalue weighted by atomic mass is 16.4. The van der Waals surface area contributed by atoms with E-state index in [2.05, 4.69) is 39.0 Å². The van der Waals surface area contributed by atoms with Crippen molar-refractivity contribution in [3.63, 3.8) is 0 Å². The van der Waals surface area contributed by atoms with Gasteiger partial charge in [-0.3, -0.25) is 4.79 Å². The minimum atomic E-state index is -0.681. The molecule has 0 fully saturated rings. The first kappa shape index (κ1) is 13.0. The van der Waals surface area contributed by atoms with Gasteiger partial charge >= 0.3 is 5.97 Å². The summed E-state index contributed by atoms with van der Waals surface area (Å²) in [6.45, 7) is 8.20. The van der Waals surface area contributed by atoms with Crippen molar-refractivity contribution >= 4 is 5.97 Å². The van der Waals surface area contributed by atoms with E-state index in [9.17, 15) is 9.90 Å². The molecule has 0 spiro atoms. The smallest absolute Gasteiger partial charge is 0.309 e.